The SMILES string of the molecule is O=C(NC1CCc2[nH]ncc2C1)N1CCSC2(CCCCC2)C1. The van der Waals surface area contributed by atoms with Crippen LogP contribution in [-0.4, -0.2) is 50.8 Å². The molecule has 0 aromatic carbocycles. The van der Waals surface area contributed by atoms with E-state index in [1.54, 1.807) is 0 Å². The number of carbonyl (C=O) groups is 1. The van der Waals surface area contributed by atoms with Gasteiger partial charge in [0.1, 0.15) is 0 Å². The standard InChI is InChI=1S/C17H26N4OS/c22-16(19-14-4-5-15-13(10-14)11-18-20-15)21-8-9-23-17(12-21)6-2-1-3-7-17/h11,14H,1-10,12H2,(H,18,20)(H,19,22). The van der Waals surface area contributed by atoms with Gasteiger partial charge in [-0.2, -0.15) is 16.9 Å². The topological polar surface area (TPSA) is 61.0 Å². The van der Waals surface area contributed by atoms with Crippen LogP contribution in [0.1, 0.15) is 49.8 Å². The van der Waals surface area contributed by atoms with Gasteiger partial charge in [-0.05, 0) is 37.7 Å². The third kappa shape index (κ3) is 3.23. The molecule has 4 rings (SSSR count). The van der Waals surface area contributed by atoms with Gasteiger partial charge in [-0.25, -0.2) is 4.79 Å². The van der Waals surface area contributed by atoms with Crippen molar-refractivity contribution in [1.82, 2.24) is 20.4 Å². The van der Waals surface area contributed by atoms with Crippen molar-refractivity contribution < 1.29 is 4.79 Å². The molecule has 1 unspecified atom stereocenters. The third-order valence-electron chi connectivity index (χ3n) is 5.64. The summed E-state index contributed by atoms with van der Waals surface area (Å²) in [6.07, 6.45) is 11.4. The molecule has 0 radical (unpaired) electrons. The Hall–Kier alpha value is -1.17. The second-order valence-corrected chi connectivity index (χ2v) is 8.84. The molecule has 2 amide bonds. The van der Waals surface area contributed by atoms with Crippen LogP contribution in [0.15, 0.2) is 6.20 Å². The van der Waals surface area contributed by atoms with Gasteiger partial charge in [0.05, 0.1) is 6.20 Å². The van der Waals surface area contributed by atoms with E-state index in [0.717, 1.165) is 38.1 Å². The first-order valence-electron chi connectivity index (χ1n) is 8.95. The highest BCUT2D eigenvalue weighted by Crippen LogP contribution is 2.42. The molecule has 5 nitrogen and oxygen atoms in total. The lowest BCUT2D eigenvalue weighted by Crippen LogP contribution is -2.54. The van der Waals surface area contributed by atoms with Gasteiger partial charge >= 0.3 is 6.03 Å². The molecule has 2 N–H and O–H groups in total. The normalized spacial score (nSPS) is 26.8. The van der Waals surface area contributed by atoms with E-state index in [2.05, 4.69) is 32.2 Å². The Morgan fingerprint density at radius 1 is 1.39 bits per heavy atom. The molecule has 2 fully saturated rings. The number of carbonyl (C=O) groups excluding carboxylic acids is 1. The number of aromatic amines is 1. The van der Waals surface area contributed by atoms with Gasteiger partial charge in [0, 0.05) is 35.3 Å². The summed E-state index contributed by atoms with van der Waals surface area (Å²) in [6.45, 7) is 1.83. The number of nitrogens with one attached hydrogen (secondary N) is 2. The summed E-state index contributed by atoms with van der Waals surface area (Å²) in [5.74, 6) is 1.09. The molecule has 1 spiro atoms. The van der Waals surface area contributed by atoms with E-state index >= 15 is 0 Å². The lowest BCUT2D eigenvalue weighted by molar-refractivity contribution is 0.180. The van der Waals surface area contributed by atoms with Gasteiger partial charge in [0.2, 0.25) is 0 Å². The van der Waals surface area contributed by atoms with Crippen molar-refractivity contribution in [3.05, 3.63) is 17.5 Å². The number of rotatable bonds is 1. The molecule has 1 aromatic rings. The van der Waals surface area contributed by atoms with Crippen molar-refractivity contribution in [3.8, 4) is 0 Å². The van der Waals surface area contributed by atoms with Crippen LogP contribution in [0, 0.1) is 0 Å². The highest BCUT2D eigenvalue weighted by Gasteiger charge is 2.39. The number of amides is 2. The predicted octanol–water partition coefficient (Wildman–Crippen LogP) is 2.73. The summed E-state index contributed by atoms with van der Waals surface area (Å²) in [5.41, 5.74) is 2.51. The average Bonchev–Trinajstić information content (AvgIpc) is 3.03. The van der Waals surface area contributed by atoms with Gasteiger partial charge in [-0.3, -0.25) is 5.10 Å². The van der Waals surface area contributed by atoms with Crippen molar-refractivity contribution in [2.45, 2.75) is 62.2 Å². The fourth-order valence-corrected chi connectivity index (χ4v) is 5.89. The number of nitrogens with zero attached hydrogens (tertiary/aromatic N) is 2. The second-order valence-electron chi connectivity index (χ2n) is 7.28. The molecule has 1 atom stereocenters. The quantitative estimate of drug-likeness (QED) is 0.830. The summed E-state index contributed by atoms with van der Waals surface area (Å²) in [5, 5.41) is 10.4. The van der Waals surface area contributed by atoms with Crippen LogP contribution in [0.2, 0.25) is 0 Å². The molecule has 2 heterocycles. The van der Waals surface area contributed by atoms with Gasteiger partial charge in [0.15, 0.2) is 0 Å². The number of hydrogen-bond acceptors (Lipinski definition) is 3. The first kappa shape index (κ1) is 15.4. The van der Waals surface area contributed by atoms with E-state index in [9.17, 15) is 4.79 Å². The maximum Gasteiger partial charge on any atom is 0.317 e. The maximum absolute atomic E-state index is 12.7. The van der Waals surface area contributed by atoms with Gasteiger partial charge in [-0.1, -0.05) is 19.3 Å². The Bertz CT molecular complexity index is 561. The van der Waals surface area contributed by atoms with Crippen LogP contribution in [0.3, 0.4) is 0 Å². The zero-order valence-corrected chi connectivity index (χ0v) is 14.5. The number of urea groups is 1. The maximum atomic E-state index is 12.7. The Morgan fingerprint density at radius 3 is 3.13 bits per heavy atom. The molecule has 3 aliphatic rings. The summed E-state index contributed by atoms with van der Waals surface area (Å²) in [4.78, 5) is 14.8. The van der Waals surface area contributed by atoms with Crippen molar-refractivity contribution >= 4 is 17.8 Å². The van der Waals surface area contributed by atoms with Crippen molar-refractivity contribution in [2.24, 2.45) is 0 Å². The Labute approximate surface area is 142 Å². The van der Waals surface area contributed by atoms with Crippen molar-refractivity contribution in [1.29, 1.82) is 0 Å². The largest absolute Gasteiger partial charge is 0.335 e. The van der Waals surface area contributed by atoms with E-state index < -0.39 is 0 Å². The minimum absolute atomic E-state index is 0.146. The van der Waals surface area contributed by atoms with Crippen molar-refractivity contribution in [3.63, 3.8) is 0 Å². The van der Waals surface area contributed by atoms with E-state index in [4.69, 9.17) is 0 Å². The Morgan fingerprint density at radius 2 is 2.26 bits per heavy atom. The van der Waals surface area contributed by atoms with Gasteiger partial charge in [-0.15, -0.1) is 0 Å². The van der Waals surface area contributed by atoms with Crippen LogP contribution >= 0.6 is 11.8 Å². The molecule has 1 saturated carbocycles. The summed E-state index contributed by atoms with van der Waals surface area (Å²) in [7, 11) is 0. The number of H-pyrrole nitrogens is 1. The summed E-state index contributed by atoms with van der Waals surface area (Å²) in [6, 6.07) is 0.400. The van der Waals surface area contributed by atoms with Gasteiger partial charge < -0.3 is 10.2 Å². The van der Waals surface area contributed by atoms with Crippen LogP contribution < -0.4 is 5.32 Å². The minimum Gasteiger partial charge on any atom is -0.335 e. The lowest BCUT2D eigenvalue weighted by atomic mass is 9.87. The number of thioether (sulfide) groups is 1. The number of aryl methyl sites for hydroxylation is 1. The molecule has 1 aromatic heterocycles. The molecule has 0 bridgehead atoms. The van der Waals surface area contributed by atoms with Gasteiger partial charge in [0.25, 0.3) is 0 Å². The fourth-order valence-electron chi connectivity index (χ4n) is 4.32. The third-order valence-corrected chi connectivity index (χ3v) is 7.18. The van der Waals surface area contributed by atoms with E-state index in [-0.39, 0.29) is 12.1 Å². The number of hydrogen-bond donors (Lipinski definition) is 2. The molecule has 1 saturated heterocycles. The molecule has 1 aliphatic heterocycles. The highest BCUT2D eigenvalue weighted by molar-refractivity contribution is 8.00. The van der Waals surface area contributed by atoms with Crippen molar-refractivity contribution in [2.75, 3.05) is 18.8 Å². The van der Waals surface area contributed by atoms with E-state index in [1.165, 1.54) is 43.4 Å². The van der Waals surface area contributed by atoms with E-state index in [0.29, 0.717) is 4.75 Å². The van der Waals surface area contributed by atoms with Crippen LogP contribution in [-0.2, 0) is 12.8 Å². The highest BCUT2D eigenvalue weighted by atomic mass is 32.2. The first-order valence-corrected chi connectivity index (χ1v) is 9.93. The summed E-state index contributed by atoms with van der Waals surface area (Å²) >= 11 is 2.11. The second kappa shape index (κ2) is 6.38. The molecule has 6 heteroatoms. The number of fused-ring (bicyclic) bond motifs is 1. The molecule has 23 heavy (non-hydrogen) atoms. The Balaban J connectivity index is 1.35. The lowest BCUT2D eigenvalue weighted by Gasteiger charge is -2.45. The smallest absolute Gasteiger partial charge is 0.317 e. The number of aromatic nitrogens is 2. The first-order chi connectivity index (χ1) is 11.2. The van der Waals surface area contributed by atoms with Crippen LogP contribution in [0.4, 0.5) is 4.79 Å². The Kier molecular flexibility index (Phi) is 4.26. The molecular weight excluding hydrogens is 308 g/mol. The molecule has 126 valence electrons. The van der Waals surface area contributed by atoms with Crippen LogP contribution in [0.5, 0.6) is 0 Å². The minimum atomic E-state index is 0.146. The summed E-state index contributed by atoms with van der Waals surface area (Å²) < 4.78 is 0.345. The fraction of sp³-hybridized carbons (Fsp3) is 0.765. The van der Waals surface area contributed by atoms with E-state index in [1.807, 2.05) is 6.20 Å². The predicted molar refractivity (Wildman–Crippen MR) is 92.8 cm³/mol. The zero-order valence-electron chi connectivity index (χ0n) is 13.6. The molecule has 2 aliphatic carbocycles. The molecular formula is C17H26N4OS. The average molecular weight is 334 g/mol. The zero-order chi connectivity index (χ0) is 15.7. The monoisotopic (exact) mass is 334 g/mol. The van der Waals surface area contributed by atoms with Crippen LogP contribution in [0.25, 0.3) is 0 Å².